The highest BCUT2D eigenvalue weighted by Crippen LogP contribution is 2.44. The predicted octanol–water partition coefficient (Wildman–Crippen LogP) is 5.40. The minimum absolute atomic E-state index is 0.0891. The third-order valence-electron chi connectivity index (χ3n) is 5.08. The minimum atomic E-state index is -0.350. The molecule has 0 amide bonds. The third-order valence-corrected chi connectivity index (χ3v) is 5.98. The summed E-state index contributed by atoms with van der Waals surface area (Å²) in [7, 11) is 0. The lowest BCUT2D eigenvalue weighted by molar-refractivity contribution is 0.477. The smallest absolute Gasteiger partial charge is 0.260 e. The van der Waals surface area contributed by atoms with Crippen molar-refractivity contribution >= 4 is 21.6 Å². The topological polar surface area (TPSA) is 86.2 Å². The van der Waals surface area contributed by atoms with Gasteiger partial charge in [-0.05, 0) is 41.0 Å². The number of thiophene rings is 1. The molecule has 0 saturated carbocycles. The zero-order valence-corrected chi connectivity index (χ0v) is 16.5. The zero-order chi connectivity index (χ0) is 20.7. The summed E-state index contributed by atoms with van der Waals surface area (Å²) in [6, 6.07) is 18.2. The van der Waals surface area contributed by atoms with Crippen molar-refractivity contribution in [2.45, 2.75) is 0 Å². The van der Waals surface area contributed by atoms with Gasteiger partial charge < -0.3 is 15.2 Å². The van der Waals surface area contributed by atoms with Crippen LogP contribution in [-0.4, -0.2) is 20.2 Å². The van der Waals surface area contributed by atoms with Crippen LogP contribution < -0.4 is 5.56 Å². The lowest BCUT2D eigenvalue weighted by Gasteiger charge is -2.10. The number of hydrogen-bond donors (Lipinski definition) is 3. The number of nitrogens with one attached hydrogen (secondary N) is 1. The molecule has 5 rings (SSSR count). The molecule has 0 aliphatic heterocycles. The molecule has 0 unspecified atom stereocenters. The summed E-state index contributed by atoms with van der Waals surface area (Å²) in [6.07, 6.45) is 3.40. The molecule has 0 spiro atoms. The highest BCUT2D eigenvalue weighted by atomic mass is 32.1. The Balaban J connectivity index is 1.70. The number of benzene rings is 2. The summed E-state index contributed by atoms with van der Waals surface area (Å²) in [4.78, 5) is 20.0. The van der Waals surface area contributed by atoms with Crippen LogP contribution >= 0.6 is 11.3 Å². The van der Waals surface area contributed by atoms with Crippen molar-refractivity contribution in [3.63, 3.8) is 0 Å². The van der Waals surface area contributed by atoms with Crippen molar-refractivity contribution in [1.82, 2.24) is 9.97 Å². The van der Waals surface area contributed by atoms with E-state index in [2.05, 4.69) is 9.97 Å². The highest BCUT2D eigenvalue weighted by Gasteiger charge is 2.20. The first-order valence-corrected chi connectivity index (χ1v) is 10.2. The van der Waals surface area contributed by atoms with E-state index >= 15 is 0 Å². The second-order valence-electron chi connectivity index (χ2n) is 6.87. The molecule has 0 radical (unpaired) electrons. The lowest BCUT2D eigenvalue weighted by Crippen LogP contribution is -2.08. The molecule has 146 valence electrons. The summed E-state index contributed by atoms with van der Waals surface area (Å²) in [5.74, 6) is 0.00434. The van der Waals surface area contributed by atoms with Gasteiger partial charge in [0.25, 0.3) is 5.56 Å². The molecule has 0 saturated heterocycles. The Labute approximate surface area is 175 Å². The Bertz CT molecular complexity index is 1420. The van der Waals surface area contributed by atoms with Gasteiger partial charge >= 0.3 is 0 Å². The van der Waals surface area contributed by atoms with Gasteiger partial charge in [0.15, 0.2) is 0 Å². The maximum atomic E-state index is 12.6. The van der Waals surface area contributed by atoms with Gasteiger partial charge in [-0.1, -0.05) is 36.4 Å². The molecular weight excluding hydrogens is 396 g/mol. The molecule has 3 aromatic heterocycles. The Morgan fingerprint density at radius 2 is 1.60 bits per heavy atom. The van der Waals surface area contributed by atoms with Gasteiger partial charge in [-0.25, -0.2) is 0 Å². The van der Waals surface area contributed by atoms with Crippen LogP contribution in [0.1, 0.15) is 0 Å². The van der Waals surface area contributed by atoms with Crippen LogP contribution in [0.3, 0.4) is 0 Å². The Morgan fingerprint density at radius 1 is 0.833 bits per heavy atom. The summed E-state index contributed by atoms with van der Waals surface area (Å²) >= 11 is 1.32. The van der Waals surface area contributed by atoms with Crippen LogP contribution in [0, 0.1) is 0 Å². The van der Waals surface area contributed by atoms with Crippen LogP contribution in [0.2, 0.25) is 0 Å². The van der Waals surface area contributed by atoms with Gasteiger partial charge in [0.05, 0.1) is 10.9 Å². The van der Waals surface area contributed by atoms with E-state index in [1.807, 2.05) is 47.8 Å². The van der Waals surface area contributed by atoms with E-state index in [4.69, 9.17) is 0 Å². The SMILES string of the molecule is O=c1[nH]c2scc(-c3ccc(-c4ccncc4)cc3O)c2c(O)c1-c1ccccc1. The number of rotatable bonds is 3. The molecule has 6 heteroatoms. The average Bonchev–Trinajstić information content (AvgIpc) is 3.19. The standard InChI is InChI=1S/C24H16N2O3S/c27-19-12-16(14-8-10-25-11-9-14)6-7-17(19)18-13-30-24-21(18)22(28)20(23(29)26-24)15-4-2-1-3-5-15/h1-13,27H,(H2,26,28,29). The van der Waals surface area contributed by atoms with Crippen molar-refractivity contribution in [2.75, 3.05) is 0 Å². The molecule has 3 N–H and O–H groups in total. The molecule has 0 aliphatic carbocycles. The fourth-order valence-electron chi connectivity index (χ4n) is 3.64. The quantitative estimate of drug-likeness (QED) is 0.370. The average molecular weight is 412 g/mol. The van der Waals surface area contributed by atoms with Crippen LogP contribution in [0.4, 0.5) is 0 Å². The Kier molecular flexibility index (Phi) is 4.34. The number of pyridine rings is 2. The van der Waals surface area contributed by atoms with Gasteiger partial charge in [0, 0.05) is 28.9 Å². The van der Waals surface area contributed by atoms with Crippen LogP contribution in [0.15, 0.2) is 83.2 Å². The molecule has 0 bridgehead atoms. The van der Waals surface area contributed by atoms with Crippen molar-refractivity contribution < 1.29 is 10.2 Å². The van der Waals surface area contributed by atoms with Crippen molar-refractivity contribution in [2.24, 2.45) is 0 Å². The fraction of sp³-hybridized carbons (Fsp3) is 0. The zero-order valence-electron chi connectivity index (χ0n) is 15.7. The highest BCUT2D eigenvalue weighted by molar-refractivity contribution is 7.17. The van der Waals surface area contributed by atoms with Gasteiger partial charge in [-0.2, -0.15) is 0 Å². The summed E-state index contributed by atoms with van der Waals surface area (Å²) in [5.41, 5.74) is 3.56. The molecule has 0 aliphatic rings. The monoisotopic (exact) mass is 412 g/mol. The van der Waals surface area contributed by atoms with E-state index in [0.717, 1.165) is 11.1 Å². The number of aromatic hydroxyl groups is 2. The molecule has 5 aromatic rings. The summed E-state index contributed by atoms with van der Waals surface area (Å²) in [5, 5.41) is 24.1. The van der Waals surface area contributed by atoms with Gasteiger partial charge in [-0.3, -0.25) is 9.78 Å². The number of aromatic nitrogens is 2. The van der Waals surface area contributed by atoms with Crippen LogP contribution in [0.5, 0.6) is 11.5 Å². The van der Waals surface area contributed by atoms with Crippen molar-refractivity contribution in [3.8, 4) is 44.9 Å². The minimum Gasteiger partial charge on any atom is -0.507 e. The molecule has 2 aromatic carbocycles. The first-order chi connectivity index (χ1) is 14.6. The molecule has 5 nitrogen and oxygen atoms in total. The first-order valence-electron chi connectivity index (χ1n) is 9.29. The van der Waals surface area contributed by atoms with E-state index in [-0.39, 0.29) is 22.6 Å². The van der Waals surface area contributed by atoms with E-state index in [1.54, 1.807) is 30.6 Å². The summed E-state index contributed by atoms with van der Waals surface area (Å²) in [6.45, 7) is 0. The lowest BCUT2D eigenvalue weighted by atomic mass is 9.98. The largest absolute Gasteiger partial charge is 0.507 e. The number of phenols is 1. The number of aromatic amines is 1. The number of fused-ring (bicyclic) bond motifs is 1. The van der Waals surface area contributed by atoms with Gasteiger partial charge in [0.2, 0.25) is 0 Å². The second kappa shape index (κ2) is 7.17. The maximum absolute atomic E-state index is 12.6. The maximum Gasteiger partial charge on any atom is 0.260 e. The predicted molar refractivity (Wildman–Crippen MR) is 120 cm³/mol. The first kappa shape index (κ1) is 18.1. The third kappa shape index (κ3) is 2.94. The van der Waals surface area contributed by atoms with E-state index < -0.39 is 0 Å². The molecular formula is C24H16N2O3S. The number of phenolic OH excluding ortho intramolecular Hbond substituents is 1. The van der Waals surface area contributed by atoms with E-state index in [9.17, 15) is 15.0 Å². The number of nitrogens with zero attached hydrogens (tertiary/aromatic N) is 1. The van der Waals surface area contributed by atoms with Crippen molar-refractivity contribution in [3.05, 3.63) is 88.8 Å². The number of hydrogen-bond acceptors (Lipinski definition) is 5. The van der Waals surface area contributed by atoms with E-state index in [1.165, 1.54) is 11.3 Å². The van der Waals surface area contributed by atoms with Crippen LogP contribution in [0.25, 0.3) is 43.6 Å². The molecule has 0 fully saturated rings. The Morgan fingerprint density at radius 3 is 2.33 bits per heavy atom. The van der Waals surface area contributed by atoms with E-state index in [0.29, 0.717) is 26.9 Å². The molecule has 0 atom stereocenters. The van der Waals surface area contributed by atoms with Gasteiger partial charge in [-0.15, -0.1) is 11.3 Å². The summed E-state index contributed by atoms with van der Waals surface area (Å²) < 4.78 is 0. The second-order valence-corrected chi connectivity index (χ2v) is 7.74. The Hall–Kier alpha value is -3.90. The fourth-order valence-corrected chi connectivity index (χ4v) is 4.59. The van der Waals surface area contributed by atoms with Crippen LogP contribution in [-0.2, 0) is 0 Å². The normalized spacial score (nSPS) is 11.1. The van der Waals surface area contributed by atoms with Gasteiger partial charge in [0.1, 0.15) is 16.3 Å². The van der Waals surface area contributed by atoms with Crippen molar-refractivity contribution in [1.29, 1.82) is 0 Å². The number of H-pyrrole nitrogens is 1. The molecule has 3 heterocycles. The molecule has 30 heavy (non-hydrogen) atoms.